The van der Waals surface area contributed by atoms with Crippen molar-refractivity contribution in [3.05, 3.63) is 18.0 Å². The van der Waals surface area contributed by atoms with Crippen LogP contribution in [0.5, 0.6) is 0 Å². The van der Waals surface area contributed by atoms with Crippen molar-refractivity contribution in [2.75, 3.05) is 6.54 Å². The zero-order valence-electron chi connectivity index (χ0n) is 12.7. The largest absolute Gasteiger partial charge is 0.310 e. The number of hydrogen-bond acceptors (Lipinski definition) is 2. The highest BCUT2D eigenvalue weighted by Gasteiger charge is 2.18. The number of aryl methyl sites for hydroxylation is 1. The summed E-state index contributed by atoms with van der Waals surface area (Å²) in [6.07, 6.45) is 9.32. The maximum atomic E-state index is 4.22. The molecule has 1 rings (SSSR count). The van der Waals surface area contributed by atoms with Gasteiger partial charge in [-0.15, -0.1) is 0 Å². The smallest absolute Gasteiger partial charge is 0.0537 e. The third-order valence-electron chi connectivity index (χ3n) is 3.57. The van der Waals surface area contributed by atoms with E-state index in [0.29, 0.717) is 11.5 Å². The van der Waals surface area contributed by atoms with Crippen molar-refractivity contribution in [2.24, 2.45) is 12.5 Å². The van der Waals surface area contributed by atoms with Crippen LogP contribution in [0.25, 0.3) is 0 Å². The van der Waals surface area contributed by atoms with Crippen LogP contribution in [0.15, 0.2) is 12.4 Å². The van der Waals surface area contributed by atoms with Gasteiger partial charge in [0.15, 0.2) is 0 Å². The van der Waals surface area contributed by atoms with E-state index in [9.17, 15) is 0 Å². The molecule has 0 aliphatic heterocycles. The first-order valence-corrected chi connectivity index (χ1v) is 7.16. The number of hydrogen-bond donors (Lipinski definition) is 1. The Hall–Kier alpha value is -0.830. The minimum atomic E-state index is 0.379. The lowest BCUT2D eigenvalue weighted by Crippen LogP contribution is -2.31. The predicted octanol–water partition coefficient (Wildman–Crippen LogP) is 3.68. The minimum Gasteiger partial charge on any atom is -0.310 e. The Morgan fingerprint density at radius 3 is 2.67 bits per heavy atom. The van der Waals surface area contributed by atoms with Crippen LogP contribution in [0.4, 0.5) is 0 Å². The predicted molar refractivity (Wildman–Crippen MR) is 77.5 cm³/mol. The summed E-state index contributed by atoms with van der Waals surface area (Å²) in [6, 6.07) is 0.379. The second-order valence-corrected chi connectivity index (χ2v) is 6.17. The van der Waals surface area contributed by atoms with E-state index in [1.165, 1.54) is 31.2 Å². The molecule has 0 aliphatic carbocycles. The summed E-state index contributed by atoms with van der Waals surface area (Å²) in [7, 11) is 1.96. The first-order chi connectivity index (χ1) is 8.44. The fourth-order valence-electron chi connectivity index (χ4n) is 2.15. The number of nitrogens with one attached hydrogen (secondary N) is 1. The second-order valence-electron chi connectivity index (χ2n) is 6.17. The van der Waals surface area contributed by atoms with Crippen molar-refractivity contribution in [1.29, 1.82) is 0 Å². The van der Waals surface area contributed by atoms with Crippen LogP contribution in [0, 0.1) is 5.41 Å². The molecule has 0 radical (unpaired) electrons. The first kappa shape index (κ1) is 15.2. The van der Waals surface area contributed by atoms with Crippen LogP contribution in [-0.2, 0) is 7.05 Å². The Morgan fingerprint density at radius 2 is 2.11 bits per heavy atom. The second kappa shape index (κ2) is 6.93. The molecule has 0 spiro atoms. The van der Waals surface area contributed by atoms with Gasteiger partial charge in [0.2, 0.25) is 0 Å². The van der Waals surface area contributed by atoms with Gasteiger partial charge in [0.25, 0.3) is 0 Å². The Labute approximate surface area is 112 Å². The fourth-order valence-corrected chi connectivity index (χ4v) is 2.15. The summed E-state index contributed by atoms with van der Waals surface area (Å²) in [6.45, 7) is 10.2. The molecule has 1 heterocycles. The molecule has 0 saturated carbocycles. The van der Waals surface area contributed by atoms with E-state index in [2.05, 4.69) is 44.3 Å². The van der Waals surface area contributed by atoms with Crippen LogP contribution in [0.3, 0.4) is 0 Å². The van der Waals surface area contributed by atoms with E-state index in [1.807, 2.05) is 17.9 Å². The van der Waals surface area contributed by atoms with Gasteiger partial charge in [0, 0.05) is 31.4 Å². The SMILES string of the molecule is CCCCCC(C)(C)CNC(C)c1cnn(C)c1. The maximum Gasteiger partial charge on any atom is 0.0537 e. The molecule has 1 aromatic rings. The number of aromatic nitrogens is 2. The molecule has 1 aromatic heterocycles. The molecule has 1 unspecified atom stereocenters. The highest BCUT2D eigenvalue weighted by Crippen LogP contribution is 2.24. The van der Waals surface area contributed by atoms with E-state index in [-0.39, 0.29) is 0 Å². The van der Waals surface area contributed by atoms with Crippen LogP contribution in [0.2, 0.25) is 0 Å². The topological polar surface area (TPSA) is 29.9 Å². The van der Waals surface area contributed by atoms with Gasteiger partial charge in [0.05, 0.1) is 6.20 Å². The van der Waals surface area contributed by atoms with Crippen molar-refractivity contribution in [2.45, 2.75) is 59.4 Å². The van der Waals surface area contributed by atoms with E-state index >= 15 is 0 Å². The Balaban J connectivity index is 2.34. The van der Waals surface area contributed by atoms with E-state index < -0.39 is 0 Å². The van der Waals surface area contributed by atoms with Crippen LogP contribution < -0.4 is 5.32 Å². The molecule has 3 heteroatoms. The summed E-state index contributed by atoms with van der Waals surface area (Å²) < 4.78 is 1.86. The van der Waals surface area contributed by atoms with Crippen molar-refractivity contribution >= 4 is 0 Å². The summed E-state index contributed by atoms with van der Waals surface area (Å²) in [5.74, 6) is 0. The maximum absolute atomic E-state index is 4.22. The molecular weight excluding hydrogens is 222 g/mol. The third kappa shape index (κ3) is 5.21. The minimum absolute atomic E-state index is 0.379. The van der Waals surface area contributed by atoms with Crippen molar-refractivity contribution in [3.8, 4) is 0 Å². The van der Waals surface area contributed by atoms with Gasteiger partial charge in [-0.25, -0.2) is 0 Å². The first-order valence-electron chi connectivity index (χ1n) is 7.16. The van der Waals surface area contributed by atoms with E-state index in [4.69, 9.17) is 0 Å². The van der Waals surface area contributed by atoms with Gasteiger partial charge in [-0.3, -0.25) is 4.68 Å². The average Bonchev–Trinajstić information content (AvgIpc) is 2.73. The molecule has 0 saturated heterocycles. The standard InChI is InChI=1S/C15H29N3/c1-6-7-8-9-15(3,4)12-16-13(2)14-10-17-18(5)11-14/h10-11,13,16H,6-9,12H2,1-5H3. The third-order valence-corrected chi connectivity index (χ3v) is 3.57. The summed E-state index contributed by atoms with van der Waals surface area (Å²) >= 11 is 0. The summed E-state index contributed by atoms with van der Waals surface area (Å²) in [5, 5.41) is 7.85. The molecule has 0 bridgehead atoms. The van der Waals surface area contributed by atoms with Crippen molar-refractivity contribution < 1.29 is 0 Å². The molecule has 1 N–H and O–H groups in total. The van der Waals surface area contributed by atoms with Crippen LogP contribution in [0.1, 0.15) is 65.0 Å². The molecule has 3 nitrogen and oxygen atoms in total. The lowest BCUT2D eigenvalue weighted by Gasteiger charge is -2.27. The highest BCUT2D eigenvalue weighted by atomic mass is 15.2. The highest BCUT2D eigenvalue weighted by molar-refractivity contribution is 5.08. The molecule has 104 valence electrons. The molecule has 0 aliphatic rings. The molecule has 0 fully saturated rings. The quantitative estimate of drug-likeness (QED) is 0.714. The molecule has 0 aromatic carbocycles. The number of nitrogens with zero attached hydrogens (tertiary/aromatic N) is 2. The lowest BCUT2D eigenvalue weighted by molar-refractivity contribution is 0.291. The Kier molecular flexibility index (Phi) is 5.86. The van der Waals surface area contributed by atoms with Gasteiger partial charge in [0.1, 0.15) is 0 Å². The molecule has 0 amide bonds. The monoisotopic (exact) mass is 251 g/mol. The van der Waals surface area contributed by atoms with Crippen molar-refractivity contribution in [3.63, 3.8) is 0 Å². The molecular formula is C15H29N3. The number of rotatable bonds is 8. The lowest BCUT2D eigenvalue weighted by atomic mass is 9.86. The van der Waals surface area contributed by atoms with Crippen LogP contribution in [-0.4, -0.2) is 16.3 Å². The van der Waals surface area contributed by atoms with Crippen LogP contribution >= 0.6 is 0 Å². The summed E-state index contributed by atoms with van der Waals surface area (Å²) in [4.78, 5) is 0. The van der Waals surface area contributed by atoms with Gasteiger partial charge < -0.3 is 5.32 Å². The Bertz CT molecular complexity index is 341. The molecule has 1 atom stereocenters. The van der Waals surface area contributed by atoms with Gasteiger partial charge in [-0.2, -0.15) is 5.10 Å². The van der Waals surface area contributed by atoms with E-state index in [0.717, 1.165) is 6.54 Å². The van der Waals surface area contributed by atoms with Crippen molar-refractivity contribution in [1.82, 2.24) is 15.1 Å². The fraction of sp³-hybridized carbons (Fsp3) is 0.800. The van der Waals surface area contributed by atoms with Gasteiger partial charge >= 0.3 is 0 Å². The normalized spacial score (nSPS) is 13.8. The summed E-state index contributed by atoms with van der Waals surface area (Å²) in [5.41, 5.74) is 1.65. The molecule has 18 heavy (non-hydrogen) atoms. The van der Waals surface area contributed by atoms with E-state index in [1.54, 1.807) is 0 Å². The van der Waals surface area contributed by atoms with Gasteiger partial charge in [-0.05, 0) is 18.8 Å². The number of unbranched alkanes of at least 4 members (excludes halogenated alkanes) is 2. The zero-order chi connectivity index (χ0) is 13.6. The zero-order valence-corrected chi connectivity index (χ0v) is 12.7. The van der Waals surface area contributed by atoms with Gasteiger partial charge in [-0.1, -0.05) is 40.0 Å². The Morgan fingerprint density at radius 1 is 1.39 bits per heavy atom. The average molecular weight is 251 g/mol.